The molecule has 23 heavy (non-hydrogen) atoms. The Kier molecular flexibility index (Phi) is 5.28. The van der Waals surface area contributed by atoms with Crippen molar-refractivity contribution >= 4 is 23.4 Å². The van der Waals surface area contributed by atoms with Crippen molar-refractivity contribution in [2.24, 2.45) is 5.73 Å². The van der Waals surface area contributed by atoms with E-state index in [1.165, 1.54) is 0 Å². The maximum atomic E-state index is 13.8. The van der Waals surface area contributed by atoms with E-state index in [-0.39, 0.29) is 6.42 Å². The summed E-state index contributed by atoms with van der Waals surface area (Å²) in [5, 5.41) is 1.55. The predicted molar refractivity (Wildman–Crippen MR) is 82.0 cm³/mol. The first-order valence-electron chi connectivity index (χ1n) is 6.67. The lowest BCUT2D eigenvalue weighted by Crippen LogP contribution is -2.46. The fourth-order valence-corrected chi connectivity index (χ4v) is 2.17. The molecule has 3 N–H and O–H groups in total. The Labute approximate surface area is 136 Å². The highest BCUT2D eigenvalue weighted by Crippen LogP contribution is 2.22. The molecule has 2 aromatic carbocycles. The van der Waals surface area contributed by atoms with E-state index < -0.39 is 40.1 Å². The highest BCUT2D eigenvalue weighted by Gasteiger charge is 2.23. The van der Waals surface area contributed by atoms with Gasteiger partial charge in [-0.3, -0.25) is 9.59 Å². The second-order valence-electron chi connectivity index (χ2n) is 4.84. The van der Waals surface area contributed by atoms with Crippen molar-refractivity contribution in [3.63, 3.8) is 0 Å². The van der Waals surface area contributed by atoms with Gasteiger partial charge in [-0.05, 0) is 17.7 Å². The Morgan fingerprint density at radius 1 is 1.13 bits per heavy atom. The van der Waals surface area contributed by atoms with Gasteiger partial charge in [0.25, 0.3) is 5.91 Å². The molecule has 2 rings (SSSR count). The van der Waals surface area contributed by atoms with Crippen molar-refractivity contribution in [2.45, 2.75) is 12.5 Å². The fraction of sp³-hybridized carbons (Fsp3) is 0.125. The van der Waals surface area contributed by atoms with E-state index in [4.69, 9.17) is 17.3 Å². The lowest BCUT2D eigenvalue weighted by Gasteiger charge is -2.16. The number of rotatable bonds is 5. The number of carbonyl (C=O) groups is 2. The maximum Gasteiger partial charge on any atom is 0.254 e. The molecule has 0 bridgehead atoms. The summed E-state index contributed by atoms with van der Waals surface area (Å²) < 4.78 is 27.0. The lowest BCUT2D eigenvalue weighted by atomic mass is 10.0. The van der Waals surface area contributed by atoms with Crippen LogP contribution in [0.2, 0.25) is 5.02 Å². The summed E-state index contributed by atoms with van der Waals surface area (Å²) in [6.07, 6.45) is 0.151. The lowest BCUT2D eigenvalue weighted by molar-refractivity contribution is -0.119. The Morgan fingerprint density at radius 2 is 1.78 bits per heavy atom. The first-order valence-corrected chi connectivity index (χ1v) is 7.05. The monoisotopic (exact) mass is 338 g/mol. The van der Waals surface area contributed by atoms with E-state index in [0.29, 0.717) is 0 Å². The van der Waals surface area contributed by atoms with Gasteiger partial charge in [0.15, 0.2) is 5.82 Å². The van der Waals surface area contributed by atoms with Crippen LogP contribution in [0.15, 0.2) is 42.5 Å². The zero-order valence-electron chi connectivity index (χ0n) is 11.9. The minimum absolute atomic E-state index is 0.151. The molecule has 0 radical (unpaired) electrons. The van der Waals surface area contributed by atoms with E-state index in [0.717, 1.165) is 17.7 Å². The van der Waals surface area contributed by atoms with Crippen molar-refractivity contribution in [3.8, 4) is 0 Å². The number of hydrogen-bond acceptors (Lipinski definition) is 2. The first-order chi connectivity index (χ1) is 10.9. The third-order valence-corrected chi connectivity index (χ3v) is 3.56. The van der Waals surface area contributed by atoms with Crippen LogP contribution in [0, 0.1) is 11.6 Å². The van der Waals surface area contributed by atoms with Crippen molar-refractivity contribution in [1.82, 2.24) is 5.32 Å². The molecular weight excluding hydrogens is 326 g/mol. The summed E-state index contributed by atoms with van der Waals surface area (Å²) in [5.74, 6) is -3.83. The molecule has 0 aliphatic rings. The molecule has 0 unspecified atom stereocenters. The van der Waals surface area contributed by atoms with Crippen molar-refractivity contribution < 1.29 is 18.4 Å². The van der Waals surface area contributed by atoms with Crippen molar-refractivity contribution in [3.05, 3.63) is 70.2 Å². The molecule has 0 fully saturated rings. The normalized spacial score (nSPS) is 11.8. The summed E-state index contributed by atoms with van der Waals surface area (Å²) in [7, 11) is 0. The number of halogens is 3. The molecule has 0 aromatic heterocycles. The van der Waals surface area contributed by atoms with E-state index in [2.05, 4.69) is 5.32 Å². The van der Waals surface area contributed by atoms with E-state index in [1.54, 1.807) is 30.3 Å². The average Bonchev–Trinajstić information content (AvgIpc) is 2.53. The van der Waals surface area contributed by atoms with Gasteiger partial charge in [0.05, 0.1) is 5.56 Å². The molecule has 4 nitrogen and oxygen atoms in total. The third kappa shape index (κ3) is 4.04. The van der Waals surface area contributed by atoms with Crippen LogP contribution in [0.5, 0.6) is 0 Å². The van der Waals surface area contributed by atoms with Gasteiger partial charge in [-0.2, -0.15) is 0 Å². The van der Waals surface area contributed by atoms with Crippen LogP contribution in [0.3, 0.4) is 0 Å². The topological polar surface area (TPSA) is 72.2 Å². The van der Waals surface area contributed by atoms with Crippen LogP contribution < -0.4 is 11.1 Å². The molecule has 0 spiro atoms. The van der Waals surface area contributed by atoms with Crippen molar-refractivity contribution in [1.29, 1.82) is 0 Å². The van der Waals surface area contributed by atoms with Crippen LogP contribution in [0.4, 0.5) is 8.78 Å². The minimum Gasteiger partial charge on any atom is -0.368 e. The summed E-state index contributed by atoms with van der Waals surface area (Å²) in [6, 6.07) is 9.66. The largest absolute Gasteiger partial charge is 0.368 e. The van der Waals surface area contributed by atoms with Gasteiger partial charge in [0.1, 0.15) is 16.9 Å². The molecule has 0 aliphatic carbocycles. The molecular formula is C16H13ClF2N2O2. The van der Waals surface area contributed by atoms with Gasteiger partial charge < -0.3 is 11.1 Å². The van der Waals surface area contributed by atoms with Crippen LogP contribution >= 0.6 is 11.6 Å². The van der Waals surface area contributed by atoms with Gasteiger partial charge in [-0.1, -0.05) is 41.9 Å². The first kappa shape index (κ1) is 16.9. The number of carbonyl (C=O) groups excluding carboxylic acids is 2. The van der Waals surface area contributed by atoms with E-state index >= 15 is 0 Å². The minimum atomic E-state index is -1.19. The second kappa shape index (κ2) is 7.19. The zero-order chi connectivity index (χ0) is 17.0. The molecule has 0 heterocycles. The number of benzene rings is 2. The summed E-state index contributed by atoms with van der Waals surface area (Å²) in [4.78, 5) is 23.6. The number of hydrogen-bond donors (Lipinski definition) is 2. The Hall–Kier alpha value is -2.47. The van der Waals surface area contributed by atoms with Gasteiger partial charge in [-0.15, -0.1) is 0 Å². The van der Waals surface area contributed by atoms with Crippen molar-refractivity contribution in [2.75, 3.05) is 0 Å². The SMILES string of the molecule is NC(=O)[C@H](Cc1ccccc1)NC(=O)c1ccc(F)c(Cl)c1F. The Bertz CT molecular complexity index is 738. The number of nitrogens with two attached hydrogens (primary N) is 1. The average molecular weight is 339 g/mol. The second-order valence-corrected chi connectivity index (χ2v) is 5.22. The summed E-state index contributed by atoms with van der Waals surface area (Å²) >= 11 is 5.43. The fourth-order valence-electron chi connectivity index (χ4n) is 2.01. The number of nitrogens with one attached hydrogen (secondary N) is 1. The third-order valence-electron chi connectivity index (χ3n) is 3.21. The molecule has 120 valence electrons. The predicted octanol–water partition coefficient (Wildman–Crippen LogP) is 2.44. The summed E-state index contributed by atoms with van der Waals surface area (Å²) in [6.45, 7) is 0. The van der Waals surface area contributed by atoms with Gasteiger partial charge in [0.2, 0.25) is 5.91 Å². The smallest absolute Gasteiger partial charge is 0.254 e. The van der Waals surface area contributed by atoms with Gasteiger partial charge in [0, 0.05) is 6.42 Å². The molecule has 2 aromatic rings. The molecule has 0 saturated carbocycles. The molecule has 0 saturated heterocycles. The highest BCUT2D eigenvalue weighted by molar-refractivity contribution is 6.31. The van der Waals surface area contributed by atoms with Gasteiger partial charge >= 0.3 is 0 Å². The Balaban J connectivity index is 2.19. The van der Waals surface area contributed by atoms with Crippen LogP contribution in [-0.2, 0) is 11.2 Å². The standard InChI is InChI=1S/C16H13ClF2N2O2/c17-13-11(18)7-6-10(14(13)19)16(23)21-12(15(20)22)8-9-4-2-1-3-5-9/h1-7,12H,8H2,(H2,20,22)(H,21,23)/t12-/m0/s1. The quantitative estimate of drug-likeness (QED) is 0.822. The number of amides is 2. The zero-order valence-corrected chi connectivity index (χ0v) is 12.6. The maximum absolute atomic E-state index is 13.8. The van der Waals surface area contributed by atoms with Crippen LogP contribution in [0.1, 0.15) is 15.9 Å². The molecule has 7 heteroatoms. The van der Waals surface area contributed by atoms with Crippen LogP contribution in [0.25, 0.3) is 0 Å². The molecule has 0 aliphatic heterocycles. The summed E-state index contributed by atoms with van der Waals surface area (Å²) in [5.41, 5.74) is 5.58. The van der Waals surface area contributed by atoms with Crippen LogP contribution in [-0.4, -0.2) is 17.9 Å². The van der Waals surface area contributed by atoms with E-state index in [1.807, 2.05) is 0 Å². The highest BCUT2D eigenvalue weighted by atomic mass is 35.5. The Morgan fingerprint density at radius 3 is 2.39 bits per heavy atom. The number of primary amides is 1. The molecule has 1 atom stereocenters. The van der Waals surface area contributed by atoms with E-state index in [9.17, 15) is 18.4 Å². The molecule has 2 amide bonds. The van der Waals surface area contributed by atoms with Gasteiger partial charge in [-0.25, -0.2) is 8.78 Å².